The number of sulfonamides is 1. The van der Waals surface area contributed by atoms with Crippen molar-refractivity contribution in [1.29, 1.82) is 0 Å². The molecule has 0 bridgehead atoms. The first-order valence-electron chi connectivity index (χ1n) is 6.83. The molecule has 0 spiro atoms. The zero-order valence-corrected chi connectivity index (χ0v) is 13.1. The quantitative estimate of drug-likeness (QED) is 0.719. The van der Waals surface area contributed by atoms with Crippen LogP contribution in [0, 0.1) is 6.92 Å². The minimum absolute atomic E-state index is 0.0290. The van der Waals surface area contributed by atoms with E-state index >= 15 is 0 Å². The summed E-state index contributed by atoms with van der Waals surface area (Å²) in [5, 5.41) is 0.779. The van der Waals surface area contributed by atoms with Crippen LogP contribution in [0.2, 0.25) is 0 Å². The summed E-state index contributed by atoms with van der Waals surface area (Å²) in [5.41, 5.74) is 3.74. The number of hydrogen-bond acceptors (Lipinski definition) is 4. The molecule has 2 aromatic carbocycles. The van der Waals surface area contributed by atoms with Gasteiger partial charge in [-0.1, -0.05) is 29.8 Å². The maximum atomic E-state index is 12.0. The third-order valence-corrected chi connectivity index (χ3v) is 4.51. The number of furan rings is 1. The summed E-state index contributed by atoms with van der Waals surface area (Å²) >= 11 is 0. The summed E-state index contributed by atoms with van der Waals surface area (Å²) < 4.78 is 29.5. The van der Waals surface area contributed by atoms with Gasteiger partial charge < -0.3 is 4.42 Å². The molecule has 23 heavy (non-hydrogen) atoms. The van der Waals surface area contributed by atoms with Crippen LogP contribution in [0.1, 0.15) is 16.1 Å². The number of aryl methyl sites for hydroxylation is 1. The van der Waals surface area contributed by atoms with Gasteiger partial charge in [-0.05, 0) is 37.3 Å². The number of amides is 1. The van der Waals surface area contributed by atoms with E-state index in [0.29, 0.717) is 5.58 Å². The zero-order valence-electron chi connectivity index (χ0n) is 12.2. The van der Waals surface area contributed by atoms with Crippen molar-refractivity contribution in [3.05, 3.63) is 65.9 Å². The van der Waals surface area contributed by atoms with Crippen molar-refractivity contribution in [3.8, 4) is 0 Å². The molecule has 1 amide bonds. The summed E-state index contributed by atoms with van der Waals surface area (Å²) in [6.07, 6.45) is 0. The number of hydrogen-bond donors (Lipinski definition) is 2. The second-order valence-corrected chi connectivity index (χ2v) is 6.71. The molecule has 0 aliphatic carbocycles. The van der Waals surface area contributed by atoms with Gasteiger partial charge in [0.25, 0.3) is 10.0 Å². The van der Waals surface area contributed by atoms with Gasteiger partial charge in [-0.3, -0.25) is 10.2 Å². The lowest BCUT2D eigenvalue weighted by Gasteiger charge is -2.06. The second-order valence-electron chi connectivity index (χ2n) is 5.02. The van der Waals surface area contributed by atoms with Crippen LogP contribution in [-0.2, 0) is 10.0 Å². The van der Waals surface area contributed by atoms with Crippen LogP contribution in [0.25, 0.3) is 11.0 Å². The van der Waals surface area contributed by atoms with Gasteiger partial charge in [-0.25, -0.2) is 8.42 Å². The standard InChI is InChI=1S/C16H14N2O4S/c1-11-7-8-14-12(9-11)10-15(22-14)16(19)17-18-23(20,21)13-5-3-2-4-6-13/h2-10,18H,1H3,(H,17,19). The van der Waals surface area contributed by atoms with Crippen LogP contribution >= 0.6 is 0 Å². The number of benzene rings is 2. The van der Waals surface area contributed by atoms with Crippen molar-refractivity contribution < 1.29 is 17.6 Å². The van der Waals surface area contributed by atoms with Crippen molar-refractivity contribution in [2.24, 2.45) is 0 Å². The Morgan fingerprint density at radius 2 is 1.78 bits per heavy atom. The highest BCUT2D eigenvalue weighted by molar-refractivity contribution is 7.89. The highest BCUT2D eigenvalue weighted by Gasteiger charge is 2.17. The number of nitrogens with one attached hydrogen (secondary N) is 2. The molecule has 1 heterocycles. The van der Waals surface area contributed by atoms with Gasteiger partial charge in [0.2, 0.25) is 0 Å². The molecule has 6 nitrogen and oxygen atoms in total. The van der Waals surface area contributed by atoms with Gasteiger partial charge in [-0.2, -0.15) is 0 Å². The molecule has 118 valence electrons. The van der Waals surface area contributed by atoms with E-state index in [0.717, 1.165) is 10.9 Å². The van der Waals surface area contributed by atoms with Gasteiger partial charge in [0.1, 0.15) is 5.58 Å². The normalized spacial score (nSPS) is 11.5. The Labute approximate surface area is 133 Å². The molecule has 0 fully saturated rings. The van der Waals surface area contributed by atoms with Crippen molar-refractivity contribution in [3.63, 3.8) is 0 Å². The summed E-state index contributed by atoms with van der Waals surface area (Å²) in [5.74, 6) is -0.639. The van der Waals surface area contributed by atoms with E-state index < -0.39 is 15.9 Å². The van der Waals surface area contributed by atoms with Crippen LogP contribution in [0.4, 0.5) is 0 Å². The average Bonchev–Trinajstić information content (AvgIpc) is 2.96. The largest absolute Gasteiger partial charge is 0.451 e. The number of carbonyl (C=O) groups excluding carboxylic acids is 1. The predicted molar refractivity (Wildman–Crippen MR) is 85.2 cm³/mol. The first-order valence-corrected chi connectivity index (χ1v) is 8.31. The first kappa shape index (κ1) is 15.3. The Morgan fingerprint density at radius 3 is 2.52 bits per heavy atom. The monoisotopic (exact) mass is 330 g/mol. The maximum Gasteiger partial charge on any atom is 0.301 e. The molecule has 0 saturated carbocycles. The first-order chi connectivity index (χ1) is 11.0. The lowest BCUT2D eigenvalue weighted by Crippen LogP contribution is -2.41. The van der Waals surface area contributed by atoms with E-state index in [1.807, 2.05) is 23.9 Å². The van der Waals surface area contributed by atoms with Gasteiger partial charge in [0.05, 0.1) is 4.90 Å². The topological polar surface area (TPSA) is 88.4 Å². The van der Waals surface area contributed by atoms with E-state index in [4.69, 9.17) is 4.42 Å². The summed E-state index contributed by atoms with van der Waals surface area (Å²) in [6.45, 7) is 1.93. The lowest BCUT2D eigenvalue weighted by atomic mass is 10.2. The zero-order chi connectivity index (χ0) is 16.4. The van der Waals surface area contributed by atoms with Gasteiger partial charge in [-0.15, -0.1) is 4.83 Å². The molecule has 0 radical (unpaired) electrons. The molecule has 0 aliphatic rings. The third-order valence-electron chi connectivity index (χ3n) is 3.25. The van der Waals surface area contributed by atoms with E-state index in [1.165, 1.54) is 12.1 Å². The van der Waals surface area contributed by atoms with Gasteiger partial charge in [0.15, 0.2) is 5.76 Å². The van der Waals surface area contributed by atoms with Crippen LogP contribution in [0.15, 0.2) is 63.9 Å². The Morgan fingerprint density at radius 1 is 1.04 bits per heavy atom. The fourth-order valence-corrected chi connectivity index (χ4v) is 2.97. The minimum atomic E-state index is -3.82. The molecule has 7 heteroatoms. The van der Waals surface area contributed by atoms with Crippen LogP contribution in [0.5, 0.6) is 0 Å². The SMILES string of the molecule is Cc1ccc2oc(C(=O)NNS(=O)(=O)c3ccccc3)cc2c1. The Hall–Kier alpha value is -2.64. The van der Waals surface area contributed by atoms with Crippen molar-refractivity contribution in [2.45, 2.75) is 11.8 Å². The van der Waals surface area contributed by atoms with Crippen LogP contribution in [0.3, 0.4) is 0 Å². The third kappa shape index (κ3) is 3.25. The molecular weight excluding hydrogens is 316 g/mol. The molecule has 0 saturated heterocycles. The number of rotatable bonds is 4. The average molecular weight is 330 g/mol. The van der Waals surface area contributed by atoms with Gasteiger partial charge >= 0.3 is 5.91 Å². The smallest absolute Gasteiger partial charge is 0.301 e. The van der Waals surface area contributed by atoms with E-state index in [-0.39, 0.29) is 10.7 Å². The highest BCUT2D eigenvalue weighted by atomic mass is 32.2. The molecule has 3 rings (SSSR count). The molecular formula is C16H14N2O4S. The number of fused-ring (bicyclic) bond motifs is 1. The highest BCUT2D eigenvalue weighted by Crippen LogP contribution is 2.20. The van der Waals surface area contributed by atoms with Gasteiger partial charge in [0, 0.05) is 5.39 Å². The maximum absolute atomic E-state index is 12.0. The Bertz CT molecular complexity index is 962. The molecule has 0 aliphatic heterocycles. The molecule has 1 aromatic heterocycles. The van der Waals surface area contributed by atoms with Crippen LogP contribution in [-0.4, -0.2) is 14.3 Å². The predicted octanol–water partition coefficient (Wildman–Crippen LogP) is 2.36. The van der Waals surface area contributed by atoms with Crippen molar-refractivity contribution >= 4 is 26.9 Å². The Kier molecular flexibility index (Phi) is 3.89. The summed E-state index contributed by atoms with van der Waals surface area (Å²) in [4.78, 5) is 14.1. The van der Waals surface area contributed by atoms with Crippen molar-refractivity contribution in [2.75, 3.05) is 0 Å². The van der Waals surface area contributed by atoms with Crippen molar-refractivity contribution in [1.82, 2.24) is 10.3 Å². The molecule has 2 N–H and O–H groups in total. The number of carbonyl (C=O) groups is 1. The minimum Gasteiger partial charge on any atom is -0.451 e. The Balaban J connectivity index is 1.76. The van der Waals surface area contributed by atoms with E-state index in [9.17, 15) is 13.2 Å². The molecule has 0 unspecified atom stereocenters. The fraction of sp³-hybridized carbons (Fsp3) is 0.0625. The van der Waals surface area contributed by atoms with Crippen LogP contribution < -0.4 is 10.3 Å². The summed E-state index contributed by atoms with van der Waals surface area (Å²) in [6, 6.07) is 14.8. The number of hydrazine groups is 1. The molecule has 3 aromatic rings. The molecule has 0 atom stereocenters. The van der Waals surface area contributed by atoms with E-state index in [2.05, 4.69) is 5.43 Å². The fourth-order valence-electron chi connectivity index (χ4n) is 2.11. The van der Waals surface area contributed by atoms with E-state index in [1.54, 1.807) is 30.3 Å². The lowest BCUT2D eigenvalue weighted by molar-refractivity contribution is 0.0919. The summed E-state index contributed by atoms with van der Waals surface area (Å²) in [7, 11) is -3.82. The second kappa shape index (κ2) is 5.86.